The number of rotatable bonds is 6. The number of sulfonamides is 1. The first-order valence-corrected chi connectivity index (χ1v) is 10.00. The second kappa shape index (κ2) is 8.13. The fraction of sp³-hybridized carbons (Fsp3) is 0.500. The summed E-state index contributed by atoms with van der Waals surface area (Å²) >= 11 is 0.466. The number of alkyl halides is 2. The van der Waals surface area contributed by atoms with Crippen LogP contribution < -0.4 is 5.32 Å². The Morgan fingerprint density at radius 3 is 2.29 bits per heavy atom. The Hall–Kier alpha value is -1.39. The molecule has 1 N–H and O–H groups in total. The normalized spacial score (nSPS) is 16.4. The van der Waals surface area contributed by atoms with E-state index in [1.807, 2.05) is 0 Å². The van der Waals surface area contributed by atoms with Gasteiger partial charge in [0.1, 0.15) is 0 Å². The number of hydrogen-bond donors (Lipinski definition) is 1. The summed E-state index contributed by atoms with van der Waals surface area (Å²) < 4.78 is 48.7. The Bertz CT molecular complexity index is 660. The molecule has 0 bridgehead atoms. The molecular formula is C14H19F2N3O3S2. The lowest BCUT2D eigenvalue weighted by molar-refractivity contribution is -0.130. The molecule has 0 atom stereocenters. The van der Waals surface area contributed by atoms with Crippen LogP contribution in [0.5, 0.6) is 0 Å². The fourth-order valence-electron chi connectivity index (χ4n) is 2.31. The molecule has 0 saturated carbocycles. The predicted octanol–water partition coefficient (Wildman–Crippen LogP) is 1.52. The number of nitrogens with zero attached hydrogens (tertiary/aromatic N) is 2. The molecule has 1 aliphatic rings. The quantitative estimate of drug-likeness (QED) is 0.759. The minimum Gasteiger partial charge on any atom is -0.376 e. The molecule has 134 valence electrons. The van der Waals surface area contributed by atoms with Gasteiger partial charge in [-0.3, -0.25) is 4.79 Å². The van der Waals surface area contributed by atoms with Crippen LogP contribution in [0.3, 0.4) is 0 Å². The third-order valence-corrected chi connectivity index (χ3v) is 5.61. The molecule has 1 saturated heterocycles. The van der Waals surface area contributed by atoms with Crippen molar-refractivity contribution in [3.8, 4) is 0 Å². The van der Waals surface area contributed by atoms with E-state index in [-0.39, 0.29) is 12.5 Å². The highest BCUT2D eigenvalue weighted by atomic mass is 32.2. The Balaban J connectivity index is 1.79. The van der Waals surface area contributed by atoms with E-state index in [1.54, 1.807) is 29.2 Å². The minimum absolute atomic E-state index is 0.0697. The van der Waals surface area contributed by atoms with Crippen molar-refractivity contribution in [2.75, 3.05) is 44.3 Å². The first-order chi connectivity index (χ1) is 11.3. The van der Waals surface area contributed by atoms with Gasteiger partial charge in [0.15, 0.2) is 0 Å². The fourth-order valence-corrected chi connectivity index (χ4v) is 3.64. The van der Waals surface area contributed by atoms with Crippen molar-refractivity contribution in [3.63, 3.8) is 0 Å². The molecule has 1 aromatic rings. The van der Waals surface area contributed by atoms with Crippen LogP contribution in [0.25, 0.3) is 0 Å². The average molecular weight is 379 g/mol. The van der Waals surface area contributed by atoms with Gasteiger partial charge in [-0.2, -0.15) is 13.1 Å². The second-order valence-electron chi connectivity index (χ2n) is 5.30. The third-order valence-electron chi connectivity index (χ3n) is 3.58. The third kappa shape index (κ3) is 5.60. The first-order valence-electron chi connectivity index (χ1n) is 7.27. The van der Waals surface area contributed by atoms with E-state index in [4.69, 9.17) is 0 Å². The lowest BCUT2D eigenvalue weighted by Crippen LogP contribution is -2.51. The van der Waals surface area contributed by atoms with Gasteiger partial charge in [-0.15, -0.1) is 0 Å². The minimum atomic E-state index is -3.22. The number of amides is 1. The van der Waals surface area contributed by atoms with Crippen molar-refractivity contribution in [1.82, 2.24) is 9.21 Å². The summed E-state index contributed by atoms with van der Waals surface area (Å²) in [4.78, 5) is 14.2. The first kappa shape index (κ1) is 18.9. The largest absolute Gasteiger partial charge is 0.376 e. The summed E-state index contributed by atoms with van der Waals surface area (Å²) in [5, 5.41) is 2.94. The van der Waals surface area contributed by atoms with Gasteiger partial charge in [0.2, 0.25) is 15.9 Å². The maximum Gasteiger partial charge on any atom is 0.288 e. The van der Waals surface area contributed by atoms with E-state index in [0.717, 1.165) is 6.26 Å². The molecular weight excluding hydrogens is 360 g/mol. The van der Waals surface area contributed by atoms with Crippen molar-refractivity contribution < 1.29 is 22.0 Å². The zero-order chi connectivity index (χ0) is 17.7. The average Bonchev–Trinajstić information content (AvgIpc) is 2.52. The van der Waals surface area contributed by atoms with Crippen molar-refractivity contribution >= 4 is 33.4 Å². The van der Waals surface area contributed by atoms with E-state index in [2.05, 4.69) is 5.32 Å². The molecule has 0 radical (unpaired) electrons. The van der Waals surface area contributed by atoms with Gasteiger partial charge in [0, 0.05) is 36.8 Å². The van der Waals surface area contributed by atoms with Crippen molar-refractivity contribution in [2.45, 2.75) is 10.7 Å². The van der Waals surface area contributed by atoms with Crippen LogP contribution in [-0.2, 0) is 14.8 Å². The summed E-state index contributed by atoms with van der Waals surface area (Å²) in [7, 11) is -3.22. The molecule has 0 aromatic heterocycles. The summed E-state index contributed by atoms with van der Waals surface area (Å²) in [6.45, 7) is 1.38. The monoisotopic (exact) mass is 379 g/mol. The number of thioether (sulfide) groups is 1. The molecule has 0 unspecified atom stereocenters. The maximum absolute atomic E-state index is 12.2. The number of benzene rings is 1. The van der Waals surface area contributed by atoms with Crippen molar-refractivity contribution in [1.29, 1.82) is 0 Å². The Labute approximate surface area is 144 Å². The Morgan fingerprint density at radius 2 is 1.79 bits per heavy atom. The highest BCUT2D eigenvalue weighted by molar-refractivity contribution is 7.99. The highest BCUT2D eigenvalue weighted by Crippen LogP contribution is 2.26. The topological polar surface area (TPSA) is 69.7 Å². The van der Waals surface area contributed by atoms with E-state index >= 15 is 0 Å². The van der Waals surface area contributed by atoms with Gasteiger partial charge in [0.25, 0.3) is 5.76 Å². The standard InChI is InChI=1S/C14H19F2N3O3S2/c1-24(21,22)19-8-6-18(7-9-19)13(20)10-17-11-2-4-12(5-3-11)23-14(15)16/h2-5,14,17H,6-10H2,1H3. The van der Waals surface area contributed by atoms with Crippen LogP contribution in [0.4, 0.5) is 14.5 Å². The molecule has 0 aliphatic carbocycles. The summed E-state index contributed by atoms with van der Waals surface area (Å²) in [5.41, 5.74) is 0.664. The van der Waals surface area contributed by atoms with Crippen molar-refractivity contribution in [3.05, 3.63) is 24.3 Å². The number of piperazine rings is 1. The van der Waals surface area contributed by atoms with E-state index in [9.17, 15) is 22.0 Å². The van der Waals surface area contributed by atoms with Gasteiger partial charge in [0.05, 0.1) is 12.8 Å². The number of halogens is 2. The smallest absolute Gasteiger partial charge is 0.288 e. The molecule has 1 amide bonds. The molecule has 1 aliphatic heterocycles. The molecule has 1 fully saturated rings. The lowest BCUT2D eigenvalue weighted by Gasteiger charge is -2.33. The van der Waals surface area contributed by atoms with E-state index < -0.39 is 15.8 Å². The van der Waals surface area contributed by atoms with Gasteiger partial charge < -0.3 is 10.2 Å². The summed E-state index contributed by atoms with van der Waals surface area (Å²) in [5.74, 6) is -2.59. The summed E-state index contributed by atoms with van der Waals surface area (Å²) in [6, 6.07) is 6.40. The van der Waals surface area contributed by atoms with Gasteiger partial charge >= 0.3 is 0 Å². The van der Waals surface area contributed by atoms with Crippen molar-refractivity contribution in [2.24, 2.45) is 0 Å². The van der Waals surface area contributed by atoms with E-state index in [0.29, 0.717) is 48.5 Å². The molecule has 0 spiro atoms. The maximum atomic E-state index is 12.2. The summed E-state index contributed by atoms with van der Waals surface area (Å²) in [6.07, 6.45) is 1.15. The highest BCUT2D eigenvalue weighted by Gasteiger charge is 2.25. The number of carbonyl (C=O) groups is 1. The lowest BCUT2D eigenvalue weighted by atomic mass is 10.3. The molecule has 24 heavy (non-hydrogen) atoms. The van der Waals surface area contributed by atoms with Crippen LogP contribution in [-0.4, -0.2) is 68.3 Å². The van der Waals surface area contributed by atoms with Crippen LogP contribution in [0.2, 0.25) is 0 Å². The molecule has 6 nitrogen and oxygen atoms in total. The zero-order valence-corrected chi connectivity index (χ0v) is 14.7. The molecule has 10 heteroatoms. The van der Waals surface area contributed by atoms with Gasteiger partial charge in [-0.25, -0.2) is 8.42 Å². The van der Waals surface area contributed by atoms with Gasteiger partial charge in [-0.05, 0) is 24.3 Å². The Morgan fingerprint density at radius 1 is 1.21 bits per heavy atom. The molecule has 2 rings (SSSR count). The number of anilines is 1. The predicted molar refractivity (Wildman–Crippen MR) is 89.8 cm³/mol. The van der Waals surface area contributed by atoms with E-state index in [1.165, 1.54) is 4.31 Å². The van der Waals surface area contributed by atoms with Crippen LogP contribution in [0, 0.1) is 0 Å². The number of carbonyl (C=O) groups excluding carboxylic acids is 1. The van der Waals surface area contributed by atoms with Crippen LogP contribution >= 0.6 is 11.8 Å². The number of nitrogens with one attached hydrogen (secondary N) is 1. The Kier molecular flexibility index (Phi) is 6.41. The second-order valence-corrected chi connectivity index (χ2v) is 8.35. The van der Waals surface area contributed by atoms with Crippen LogP contribution in [0.1, 0.15) is 0 Å². The molecule has 1 aromatic carbocycles. The molecule has 1 heterocycles. The van der Waals surface area contributed by atoms with Gasteiger partial charge in [-0.1, -0.05) is 11.8 Å². The SMILES string of the molecule is CS(=O)(=O)N1CCN(C(=O)CNc2ccc(SC(F)F)cc2)CC1. The zero-order valence-electron chi connectivity index (χ0n) is 13.1. The van der Waals surface area contributed by atoms with Crippen LogP contribution in [0.15, 0.2) is 29.2 Å². The number of hydrogen-bond acceptors (Lipinski definition) is 5.